The molecule has 2 N–H and O–H groups in total. The minimum absolute atomic E-state index is 0.216. The van der Waals surface area contributed by atoms with E-state index in [1.807, 2.05) is 0 Å². The first-order valence-corrected chi connectivity index (χ1v) is 9.51. The van der Waals surface area contributed by atoms with E-state index in [0.717, 1.165) is 24.0 Å². The maximum Gasteiger partial charge on any atom is 0.245 e. The molecule has 2 saturated heterocycles. The molecule has 21 heavy (non-hydrogen) atoms. The van der Waals surface area contributed by atoms with Crippen molar-refractivity contribution >= 4 is 31.6 Å². The van der Waals surface area contributed by atoms with Crippen LogP contribution in [0.4, 0.5) is 5.69 Å². The summed E-state index contributed by atoms with van der Waals surface area (Å²) in [5.74, 6) is 0. The summed E-state index contributed by atoms with van der Waals surface area (Å²) < 4.78 is 27.8. The summed E-state index contributed by atoms with van der Waals surface area (Å²) in [4.78, 5) is 2.63. The molecule has 0 aliphatic carbocycles. The van der Waals surface area contributed by atoms with Gasteiger partial charge in [0, 0.05) is 23.6 Å². The molecule has 2 aliphatic heterocycles. The minimum Gasteiger partial charge on any atom is -0.398 e. The highest BCUT2D eigenvalue weighted by Gasteiger charge is 2.36. The van der Waals surface area contributed by atoms with E-state index < -0.39 is 10.0 Å². The summed E-state index contributed by atoms with van der Waals surface area (Å²) in [5, 5.41) is 0. The van der Waals surface area contributed by atoms with Gasteiger partial charge in [-0.3, -0.25) is 4.90 Å². The summed E-state index contributed by atoms with van der Waals surface area (Å²) in [5.41, 5.74) is 6.19. The fraction of sp³-hybridized carbons (Fsp3) is 0.571. The predicted octanol–water partition coefficient (Wildman–Crippen LogP) is 1.89. The van der Waals surface area contributed by atoms with Crippen LogP contribution in [-0.2, 0) is 10.0 Å². The van der Waals surface area contributed by atoms with Crippen LogP contribution in [0.2, 0.25) is 0 Å². The smallest absolute Gasteiger partial charge is 0.245 e. The molecule has 7 heteroatoms. The number of halogens is 1. The Bertz CT molecular complexity index is 629. The number of nitrogens with zero attached hydrogens (tertiary/aromatic N) is 2. The quantitative estimate of drug-likeness (QED) is 0.821. The van der Waals surface area contributed by atoms with Gasteiger partial charge in [0.25, 0.3) is 0 Å². The lowest BCUT2D eigenvalue weighted by atomic mass is 10.2. The van der Waals surface area contributed by atoms with Crippen LogP contribution in [-0.4, -0.2) is 49.8 Å². The average Bonchev–Trinajstić information content (AvgIpc) is 3.09. The lowest BCUT2D eigenvalue weighted by Crippen LogP contribution is -2.37. The van der Waals surface area contributed by atoms with Crippen LogP contribution in [0.1, 0.15) is 19.3 Å². The largest absolute Gasteiger partial charge is 0.398 e. The van der Waals surface area contributed by atoms with Gasteiger partial charge in [-0.05, 0) is 50.6 Å². The lowest BCUT2D eigenvalue weighted by molar-refractivity contribution is 0.251. The Kier molecular flexibility index (Phi) is 4.27. The van der Waals surface area contributed by atoms with Crippen molar-refractivity contribution in [1.82, 2.24) is 9.21 Å². The lowest BCUT2D eigenvalue weighted by Gasteiger charge is -2.23. The Balaban J connectivity index is 1.79. The summed E-state index contributed by atoms with van der Waals surface area (Å²) >= 11 is 3.31. The Morgan fingerprint density at radius 1 is 1.19 bits per heavy atom. The van der Waals surface area contributed by atoms with Gasteiger partial charge in [-0.25, -0.2) is 8.42 Å². The molecule has 116 valence electrons. The molecule has 0 aromatic heterocycles. The van der Waals surface area contributed by atoms with Gasteiger partial charge in [-0.1, -0.05) is 15.9 Å². The number of anilines is 1. The molecule has 2 heterocycles. The van der Waals surface area contributed by atoms with E-state index in [-0.39, 0.29) is 4.90 Å². The zero-order valence-corrected chi connectivity index (χ0v) is 14.2. The van der Waals surface area contributed by atoms with Gasteiger partial charge in [0.15, 0.2) is 0 Å². The molecule has 2 aliphatic rings. The van der Waals surface area contributed by atoms with Gasteiger partial charge in [0.2, 0.25) is 10.0 Å². The van der Waals surface area contributed by atoms with Crippen molar-refractivity contribution in [2.75, 3.05) is 31.9 Å². The molecule has 0 radical (unpaired) electrons. The van der Waals surface area contributed by atoms with Gasteiger partial charge in [-0.2, -0.15) is 4.31 Å². The second kappa shape index (κ2) is 5.87. The van der Waals surface area contributed by atoms with Crippen molar-refractivity contribution in [3.63, 3.8) is 0 Å². The number of nitrogen functional groups attached to an aromatic ring is 1. The Labute approximate surface area is 134 Å². The molecule has 1 atom stereocenters. The van der Waals surface area contributed by atoms with E-state index in [0.29, 0.717) is 24.8 Å². The normalized spacial score (nSPS) is 24.7. The van der Waals surface area contributed by atoms with Crippen LogP contribution in [0.15, 0.2) is 27.6 Å². The molecule has 0 spiro atoms. The number of hydrogen-bond donors (Lipinski definition) is 1. The van der Waals surface area contributed by atoms with E-state index in [2.05, 4.69) is 20.8 Å². The highest BCUT2D eigenvalue weighted by atomic mass is 79.9. The van der Waals surface area contributed by atoms with E-state index >= 15 is 0 Å². The Morgan fingerprint density at radius 3 is 2.57 bits per heavy atom. The molecular weight excluding hydrogens is 354 g/mol. The second-order valence-corrected chi connectivity index (χ2v) is 8.55. The third-order valence-electron chi connectivity index (χ3n) is 4.37. The molecule has 3 rings (SSSR count). The van der Waals surface area contributed by atoms with Crippen LogP contribution in [0.5, 0.6) is 0 Å². The molecule has 5 nitrogen and oxygen atoms in total. The van der Waals surface area contributed by atoms with Crippen molar-refractivity contribution in [1.29, 1.82) is 0 Å². The van der Waals surface area contributed by atoms with Gasteiger partial charge in [0.05, 0.1) is 5.69 Å². The SMILES string of the molecule is Nc1cc(Br)ccc1S(=O)(=O)N1CCC(N2CCCC2)C1. The monoisotopic (exact) mass is 373 g/mol. The highest BCUT2D eigenvalue weighted by Crippen LogP contribution is 2.29. The molecular formula is C14H20BrN3O2S. The van der Waals surface area contributed by atoms with Crippen molar-refractivity contribution in [3.8, 4) is 0 Å². The molecule has 1 unspecified atom stereocenters. The fourth-order valence-corrected chi connectivity index (χ4v) is 5.19. The third kappa shape index (κ3) is 2.97. The number of hydrogen-bond acceptors (Lipinski definition) is 4. The topological polar surface area (TPSA) is 66.6 Å². The summed E-state index contributed by atoms with van der Waals surface area (Å²) in [6, 6.07) is 5.30. The number of nitrogens with two attached hydrogens (primary N) is 1. The van der Waals surface area contributed by atoms with E-state index in [4.69, 9.17) is 5.73 Å². The number of benzene rings is 1. The third-order valence-corrected chi connectivity index (χ3v) is 6.81. The zero-order chi connectivity index (χ0) is 15.0. The second-order valence-electron chi connectivity index (χ2n) is 5.73. The number of sulfonamides is 1. The van der Waals surface area contributed by atoms with Crippen molar-refractivity contribution < 1.29 is 8.42 Å². The van der Waals surface area contributed by atoms with Crippen LogP contribution in [0, 0.1) is 0 Å². The van der Waals surface area contributed by atoms with Crippen molar-refractivity contribution in [2.45, 2.75) is 30.2 Å². The van der Waals surface area contributed by atoms with Crippen LogP contribution >= 0.6 is 15.9 Å². The number of likely N-dealkylation sites (tertiary alicyclic amines) is 1. The zero-order valence-electron chi connectivity index (χ0n) is 11.8. The fourth-order valence-electron chi connectivity index (χ4n) is 3.23. The molecule has 2 fully saturated rings. The van der Waals surface area contributed by atoms with Gasteiger partial charge in [0.1, 0.15) is 4.90 Å². The van der Waals surface area contributed by atoms with Crippen molar-refractivity contribution in [2.24, 2.45) is 0 Å². The average molecular weight is 374 g/mol. The summed E-state index contributed by atoms with van der Waals surface area (Å²) in [6.07, 6.45) is 3.36. The summed E-state index contributed by atoms with van der Waals surface area (Å²) in [6.45, 7) is 3.36. The van der Waals surface area contributed by atoms with E-state index in [1.54, 1.807) is 22.5 Å². The van der Waals surface area contributed by atoms with Gasteiger partial charge >= 0.3 is 0 Å². The first-order chi connectivity index (χ1) is 9.98. The Morgan fingerprint density at radius 2 is 1.90 bits per heavy atom. The number of rotatable bonds is 3. The predicted molar refractivity (Wildman–Crippen MR) is 86.5 cm³/mol. The first kappa shape index (κ1) is 15.3. The molecule has 0 bridgehead atoms. The maximum absolute atomic E-state index is 12.7. The van der Waals surface area contributed by atoms with Crippen LogP contribution in [0.25, 0.3) is 0 Å². The Hall–Kier alpha value is -0.630. The minimum atomic E-state index is -3.49. The maximum atomic E-state index is 12.7. The van der Waals surface area contributed by atoms with Crippen molar-refractivity contribution in [3.05, 3.63) is 22.7 Å². The van der Waals surface area contributed by atoms with E-state index in [9.17, 15) is 8.42 Å². The van der Waals surface area contributed by atoms with Gasteiger partial charge in [-0.15, -0.1) is 0 Å². The molecule has 1 aromatic carbocycles. The molecule has 1 aromatic rings. The van der Waals surface area contributed by atoms with Crippen LogP contribution < -0.4 is 5.73 Å². The highest BCUT2D eigenvalue weighted by molar-refractivity contribution is 9.10. The van der Waals surface area contributed by atoms with Crippen LogP contribution in [0.3, 0.4) is 0 Å². The van der Waals surface area contributed by atoms with E-state index in [1.165, 1.54) is 12.8 Å². The first-order valence-electron chi connectivity index (χ1n) is 7.28. The standard InChI is InChI=1S/C14H20BrN3O2S/c15-11-3-4-14(13(16)9-11)21(19,20)18-8-5-12(10-18)17-6-1-2-7-17/h3-4,9,12H,1-2,5-8,10,16H2. The molecule has 0 saturated carbocycles. The van der Waals surface area contributed by atoms with Gasteiger partial charge < -0.3 is 5.73 Å². The molecule has 0 amide bonds. The summed E-state index contributed by atoms with van der Waals surface area (Å²) in [7, 11) is -3.49.